The zero-order chi connectivity index (χ0) is 23.2. The van der Waals surface area contributed by atoms with E-state index in [0.717, 1.165) is 45.2 Å². The molecule has 4 rings (SSSR count). The van der Waals surface area contributed by atoms with E-state index in [-0.39, 0.29) is 18.1 Å². The first-order valence-corrected chi connectivity index (χ1v) is 11.6. The molecule has 1 aliphatic heterocycles. The summed E-state index contributed by atoms with van der Waals surface area (Å²) in [5.41, 5.74) is 5.42. The summed E-state index contributed by atoms with van der Waals surface area (Å²) in [5.74, 6) is 0.982. The second-order valence-electron chi connectivity index (χ2n) is 8.78. The highest BCUT2D eigenvalue weighted by Gasteiger charge is 2.22. The lowest BCUT2D eigenvalue weighted by Crippen LogP contribution is -2.34. The number of nitrogens with zero attached hydrogens (tertiary/aromatic N) is 3. The molecule has 6 nitrogen and oxygen atoms in total. The van der Waals surface area contributed by atoms with E-state index in [0.29, 0.717) is 23.7 Å². The zero-order valence-electron chi connectivity index (χ0n) is 19.1. The molecule has 1 aliphatic rings. The second kappa shape index (κ2) is 10.6. The topological polar surface area (TPSA) is 86.5 Å². The van der Waals surface area contributed by atoms with Gasteiger partial charge in [-0.15, -0.1) is 0 Å². The maximum absolute atomic E-state index is 11.1. The van der Waals surface area contributed by atoms with Gasteiger partial charge in [0.05, 0.1) is 5.69 Å². The van der Waals surface area contributed by atoms with Crippen LogP contribution in [-0.2, 0) is 12.8 Å². The molecule has 0 radical (unpaired) electrons. The van der Waals surface area contributed by atoms with Gasteiger partial charge in [-0.3, -0.25) is 4.79 Å². The minimum absolute atomic E-state index is 0.0785. The number of aromatic hydroxyl groups is 1. The van der Waals surface area contributed by atoms with Gasteiger partial charge >= 0.3 is 0 Å². The predicted octanol–water partition coefficient (Wildman–Crippen LogP) is 4.35. The van der Waals surface area contributed by atoms with E-state index in [1.54, 1.807) is 6.92 Å². The van der Waals surface area contributed by atoms with E-state index >= 15 is 0 Å². The van der Waals surface area contributed by atoms with Gasteiger partial charge in [-0.05, 0) is 67.3 Å². The molecule has 2 aromatic carbocycles. The van der Waals surface area contributed by atoms with Crippen LogP contribution in [0.4, 0.5) is 5.69 Å². The first-order valence-electron chi connectivity index (χ1n) is 11.6. The molecule has 0 atom stereocenters. The van der Waals surface area contributed by atoms with Gasteiger partial charge in [0.1, 0.15) is 11.5 Å². The van der Waals surface area contributed by atoms with Crippen LogP contribution in [0.15, 0.2) is 48.5 Å². The monoisotopic (exact) mass is 445 g/mol. The average molecular weight is 446 g/mol. The molecule has 2 N–H and O–H groups in total. The smallest absolute Gasteiger partial charge is 0.172 e. The molecule has 6 heteroatoms. The van der Waals surface area contributed by atoms with Crippen LogP contribution < -0.4 is 4.90 Å². The Labute approximate surface area is 195 Å². The number of anilines is 1. The first-order chi connectivity index (χ1) is 16.1. The normalized spacial score (nSPS) is 14.4. The van der Waals surface area contributed by atoms with Crippen LogP contribution in [0.2, 0.25) is 0 Å². The Morgan fingerprint density at radius 1 is 1.00 bits per heavy atom. The highest BCUT2D eigenvalue weighted by atomic mass is 16.3. The fourth-order valence-corrected chi connectivity index (χ4v) is 4.49. The Hall–Kier alpha value is -3.25. The third-order valence-corrected chi connectivity index (χ3v) is 6.47. The molecule has 1 saturated heterocycles. The van der Waals surface area contributed by atoms with Crippen LogP contribution in [0.5, 0.6) is 5.75 Å². The van der Waals surface area contributed by atoms with Gasteiger partial charge in [0.25, 0.3) is 0 Å². The second-order valence-corrected chi connectivity index (χ2v) is 8.78. The van der Waals surface area contributed by atoms with Crippen LogP contribution in [-0.4, -0.2) is 46.2 Å². The molecule has 0 unspecified atom stereocenters. The third kappa shape index (κ3) is 5.57. The van der Waals surface area contributed by atoms with Gasteiger partial charge in [0.2, 0.25) is 0 Å². The van der Waals surface area contributed by atoms with Gasteiger partial charge in [0, 0.05) is 31.8 Å². The van der Waals surface area contributed by atoms with Crippen molar-refractivity contribution in [3.8, 4) is 16.9 Å². The van der Waals surface area contributed by atoms with Gasteiger partial charge in [0.15, 0.2) is 12.0 Å². The summed E-state index contributed by atoms with van der Waals surface area (Å²) in [6.45, 7) is 3.87. The van der Waals surface area contributed by atoms with Crippen molar-refractivity contribution >= 4 is 12.0 Å². The van der Waals surface area contributed by atoms with E-state index in [1.807, 2.05) is 0 Å². The summed E-state index contributed by atoms with van der Waals surface area (Å²) in [4.78, 5) is 22.1. The number of benzene rings is 2. The minimum atomic E-state index is -0.121. The summed E-state index contributed by atoms with van der Waals surface area (Å²) >= 11 is 0. The van der Waals surface area contributed by atoms with Crippen LogP contribution in [0, 0.1) is 12.8 Å². The SMILES string of the molecule is Cc1nc(CC2CCN(c3ccc(-c4ccc(CCCO)cc4)cc3)CC2)nc(C=O)c1O. The molecule has 1 aromatic heterocycles. The molecular weight excluding hydrogens is 414 g/mol. The first kappa shape index (κ1) is 22.9. The molecule has 33 heavy (non-hydrogen) atoms. The van der Waals surface area contributed by atoms with Crippen molar-refractivity contribution in [2.75, 3.05) is 24.6 Å². The lowest BCUT2D eigenvalue weighted by molar-refractivity contribution is 0.111. The van der Waals surface area contributed by atoms with Crippen LogP contribution in [0.3, 0.4) is 0 Å². The number of hydrogen-bond donors (Lipinski definition) is 2. The summed E-state index contributed by atoms with van der Waals surface area (Å²) in [7, 11) is 0. The number of piperidine rings is 1. The van der Waals surface area contributed by atoms with Crippen LogP contribution in [0.1, 0.15) is 46.8 Å². The standard InChI is InChI=1S/C27H31N3O3/c1-19-27(33)25(18-32)29-26(28-19)17-21-12-14-30(15-13-21)24-10-8-23(9-11-24)22-6-4-20(5-7-22)3-2-16-31/h4-11,18,21,31,33H,2-3,12-17H2,1H3. The summed E-state index contributed by atoms with van der Waals surface area (Å²) in [6.07, 6.45) is 5.09. The maximum atomic E-state index is 11.1. The number of rotatable bonds is 8. The molecule has 172 valence electrons. The number of aliphatic hydroxyl groups excluding tert-OH is 1. The van der Waals surface area contributed by atoms with Gasteiger partial charge in [-0.2, -0.15) is 0 Å². The molecule has 0 bridgehead atoms. The Kier molecular flexibility index (Phi) is 7.35. The summed E-state index contributed by atoms with van der Waals surface area (Å²) < 4.78 is 0. The Morgan fingerprint density at radius 3 is 2.24 bits per heavy atom. The van der Waals surface area contributed by atoms with Crippen molar-refractivity contribution < 1.29 is 15.0 Å². The Balaban J connectivity index is 1.33. The van der Waals surface area contributed by atoms with Gasteiger partial charge < -0.3 is 15.1 Å². The van der Waals surface area contributed by atoms with Gasteiger partial charge in [-0.1, -0.05) is 36.4 Å². The molecule has 0 amide bonds. The Morgan fingerprint density at radius 2 is 1.64 bits per heavy atom. The van der Waals surface area contributed by atoms with Crippen LogP contribution in [0.25, 0.3) is 11.1 Å². The zero-order valence-corrected chi connectivity index (χ0v) is 19.1. The van der Waals surface area contributed by atoms with E-state index in [9.17, 15) is 9.90 Å². The molecule has 2 heterocycles. The summed E-state index contributed by atoms with van der Waals surface area (Å²) in [6, 6.07) is 17.3. The molecular formula is C27H31N3O3. The van der Waals surface area contributed by atoms with Gasteiger partial charge in [-0.25, -0.2) is 9.97 Å². The van der Waals surface area contributed by atoms with Crippen molar-refractivity contribution in [1.29, 1.82) is 0 Å². The number of aryl methyl sites for hydroxylation is 2. The average Bonchev–Trinajstić information content (AvgIpc) is 2.86. The van der Waals surface area contributed by atoms with E-state index < -0.39 is 0 Å². The minimum Gasteiger partial charge on any atom is -0.504 e. The highest BCUT2D eigenvalue weighted by molar-refractivity contribution is 5.76. The molecule has 0 aliphatic carbocycles. The number of carbonyl (C=O) groups is 1. The maximum Gasteiger partial charge on any atom is 0.172 e. The van der Waals surface area contributed by atoms with E-state index in [4.69, 9.17) is 5.11 Å². The number of aliphatic hydroxyl groups is 1. The van der Waals surface area contributed by atoms with Crippen molar-refractivity contribution in [3.63, 3.8) is 0 Å². The largest absolute Gasteiger partial charge is 0.504 e. The van der Waals surface area contributed by atoms with Crippen molar-refractivity contribution in [2.45, 2.75) is 39.0 Å². The van der Waals surface area contributed by atoms with E-state index in [1.165, 1.54) is 22.4 Å². The van der Waals surface area contributed by atoms with Crippen molar-refractivity contribution in [2.24, 2.45) is 5.92 Å². The predicted molar refractivity (Wildman–Crippen MR) is 130 cm³/mol. The fraction of sp³-hybridized carbons (Fsp3) is 0.370. The molecule has 0 saturated carbocycles. The number of hydrogen-bond acceptors (Lipinski definition) is 6. The molecule has 3 aromatic rings. The Bertz CT molecular complexity index is 1070. The van der Waals surface area contributed by atoms with Crippen LogP contribution >= 0.6 is 0 Å². The van der Waals surface area contributed by atoms with Crippen molar-refractivity contribution in [1.82, 2.24) is 9.97 Å². The lowest BCUT2D eigenvalue weighted by Gasteiger charge is -2.33. The summed E-state index contributed by atoms with van der Waals surface area (Å²) in [5, 5.41) is 18.8. The number of carbonyl (C=O) groups excluding carboxylic acids is 1. The van der Waals surface area contributed by atoms with Crippen molar-refractivity contribution in [3.05, 3.63) is 71.3 Å². The number of aromatic nitrogens is 2. The third-order valence-electron chi connectivity index (χ3n) is 6.47. The fourth-order valence-electron chi connectivity index (χ4n) is 4.49. The number of aldehydes is 1. The molecule has 0 spiro atoms. The lowest BCUT2D eigenvalue weighted by atomic mass is 9.92. The molecule has 1 fully saturated rings. The highest BCUT2D eigenvalue weighted by Crippen LogP contribution is 2.28. The van der Waals surface area contributed by atoms with E-state index in [2.05, 4.69) is 63.4 Å². The quantitative estimate of drug-likeness (QED) is 0.501.